The third kappa shape index (κ3) is 17.7. The van der Waals surface area contributed by atoms with Crippen LogP contribution in [-0.2, 0) is 29.7 Å². The van der Waals surface area contributed by atoms with Crippen LogP contribution in [0.1, 0.15) is 13.8 Å². The molecule has 9 heavy (non-hydrogen) atoms. The maximum atomic E-state index is 5.02. The van der Waals surface area contributed by atoms with Gasteiger partial charge in [-0.1, -0.05) is 0 Å². The van der Waals surface area contributed by atoms with Gasteiger partial charge in [-0.15, -0.1) is 0 Å². The summed E-state index contributed by atoms with van der Waals surface area (Å²) in [6.07, 6.45) is 0. The molecule has 0 aliphatic rings. The minimum absolute atomic E-state index is 0. The van der Waals surface area contributed by atoms with Gasteiger partial charge in [0.25, 0.3) is 0 Å². The molecule has 0 aromatic rings. The first-order chi connectivity index (χ1) is 3.41. The second-order valence-electron chi connectivity index (χ2n) is 0.949. The molecular formula is C4H10Cl2O2Zr. The van der Waals surface area contributed by atoms with Crippen molar-refractivity contribution in [3.8, 4) is 0 Å². The van der Waals surface area contributed by atoms with Gasteiger partial charge in [-0.3, -0.25) is 0 Å². The van der Waals surface area contributed by atoms with Gasteiger partial charge in [0.1, 0.15) is 0 Å². The third-order valence-corrected chi connectivity index (χ3v) is 2.41. The molecule has 0 radical (unpaired) electrons. The van der Waals surface area contributed by atoms with E-state index in [0.717, 1.165) is 13.2 Å². The van der Waals surface area contributed by atoms with E-state index in [9.17, 15) is 0 Å². The van der Waals surface area contributed by atoms with Crippen LogP contribution in [0.5, 0.6) is 0 Å². The second kappa shape index (κ2) is 16.2. The monoisotopic (exact) mass is 250 g/mol. The van der Waals surface area contributed by atoms with Crippen LogP contribution in [0.15, 0.2) is 0 Å². The fourth-order valence-corrected chi connectivity index (χ4v) is 0.944. The third-order valence-electron chi connectivity index (χ3n) is 0.407. The van der Waals surface area contributed by atoms with Crippen molar-refractivity contribution in [1.29, 1.82) is 0 Å². The molecule has 0 unspecified atom stereocenters. The molecule has 0 saturated heterocycles. The first kappa shape index (κ1) is 16.8. The van der Waals surface area contributed by atoms with E-state index in [-0.39, 0.29) is 24.8 Å². The zero-order chi connectivity index (χ0) is 5.54. The number of rotatable bonds is 4. The number of hydrogen-bond acceptors (Lipinski definition) is 2. The Hall–Kier alpha value is 1.38. The van der Waals surface area contributed by atoms with E-state index in [1.807, 2.05) is 13.8 Å². The van der Waals surface area contributed by atoms with E-state index < -0.39 is 24.1 Å². The molecule has 0 amide bonds. The maximum Gasteiger partial charge on any atom is -1.00 e. The summed E-state index contributed by atoms with van der Waals surface area (Å²) in [5.41, 5.74) is 0. The van der Waals surface area contributed by atoms with Crippen molar-refractivity contribution < 1.29 is 54.6 Å². The van der Waals surface area contributed by atoms with E-state index in [2.05, 4.69) is 0 Å². The molecule has 0 aromatic carbocycles. The Morgan fingerprint density at radius 1 is 1.00 bits per heavy atom. The van der Waals surface area contributed by atoms with Crippen LogP contribution < -0.4 is 24.8 Å². The molecule has 0 N–H and O–H groups in total. The molecule has 0 atom stereocenters. The standard InChI is InChI=1S/2C2H5O.2ClH.Zr/c2*1-2-3;;;/h2*2H2,1H3;2*1H;/q2*-1;;;+4/p-2. The Morgan fingerprint density at radius 2 is 1.33 bits per heavy atom. The van der Waals surface area contributed by atoms with Crippen molar-refractivity contribution >= 4 is 0 Å². The predicted octanol–water partition coefficient (Wildman–Crippen LogP) is -5.02. The average Bonchev–Trinajstić information content (AvgIpc) is 1.69. The molecule has 0 aliphatic heterocycles. The summed E-state index contributed by atoms with van der Waals surface area (Å²) in [6.45, 7) is 5.60. The van der Waals surface area contributed by atoms with Gasteiger partial charge >= 0.3 is 56.8 Å². The van der Waals surface area contributed by atoms with E-state index in [1.54, 1.807) is 0 Å². The van der Waals surface area contributed by atoms with Gasteiger partial charge in [-0.2, -0.15) is 0 Å². The SMILES string of the molecule is CC[O][Zr+2][O]CC.[Cl-].[Cl-]. The van der Waals surface area contributed by atoms with Crippen molar-refractivity contribution in [2.24, 2.45) is 0 Å². The Morgan fingerprint density at radius 3 is 1.56 bits per heavy atom. The van der Waals surface area contributed by atoms with Gasteiger partial charge in [0.2, 0.25) is 0 Å². The normalized spacial score (nSPS) is 6.44. The van der Waals surface area contributed by atoms with E-state index in [0.29, 0.717) is 0 Å². The van der Waals surface area contributed by atoms with Crippen molar-refractivity contribution in [3.63, 3.8) is 0 Å². The zero-order valence-corrected chi connectivity index (χ0v) is 9.46. The molecule has 0 saturated carbocycles. The number of hydrogen-bond donors (Lipinski definition) is 0. The summed E-state index contributed by atoms with van der Waals surface area (Å²) in [7, 11) is 0. The Bertz CT molecular complexity index is 35.7. The zero-order valence-electron chi connectivity index (χ0n) is 5.49. The summed E-state index contributed by atoms with van der Waals surface area (Å²) in [4.78, 5) is 0. The minimum Gasteiger partial charge on any atom is -1.00 e. The Kier molecular flexibility index (Phi) is 30.2. The molecule has 0 spiro atoms. The number of halogens is 2. The van der Waals surface area contributed by atoms with Gasteiger partial charge in [-0.25, -0.2) is 0 Å². The van der Waals surface area contributed by atoms with Crippen LogP contribution in [0.4, 0.5) is 0 Å². The van der Waals surface area contributed by atoms with E-state index in [1.165, 1.54) is 0 Å². The molecule has 0 aromatic heterocycles. The van der Waals surface area contributed by atoms with E-state index >= 15 is 0 Å². The fourth-order valence-electron chi connectivity index (χ4n) is 0.160. The molecule has 56 valence electrons. The summed E-state index contributed by atoms with van der Waals surface area (Å²) >= 11 is -0.819. The van der Waals surface area contributed by atoms with Gasteiger partial charge in [0.15, 0.2) is 0 Å². The Labute approximate surface area is 81.3 Å². The molecule has 0 heterocycles. The van der Waals surface area contributed by atoms with Gasteiger partial charge < -0.3 is 24.8 Å². The summed E-state index contributed by atoms with van der Waals surface area (Å²) in [5, 5.41) is 0. The molecule has 0 bridgehead atoms. The first-order valence-corrected chi connectivity index (χ1v) is 4.41. The Balaban J connectivity index is -0.000000180. The molecule has 2 nitrogen and oxygen atoms in total. The average molecular weight is 252 g/mol. The van der Waals surface area contributed by atoms with Crippen molar-refractivity contribution in [3.05, 3.63) is 0 Å². The minimum atomic E-state index is -0.819. The maximum absolute atomic E-state index is 5.02. The summed E-state index contributed by atoms with van der Waals surface area (Å²) < 4.78 is 10.0. The summed E-state index contributed by atoms with van der Waals surface area (Å²) in [5.74, 6) is 0. The van der Waals surface area contributed by atoms with E-state index in [4.69, 9.17) is 5.63 Å². The molecule has 0 fully saturated rings. The van der Waals surface area contributed by atoms with Crippen LogP contribution in [-0.4, -0.2) is 13.2 Å². The first-order valence-electron chi connectivity index (χ1n) is 2.40. The molecule has 5 heteroatoms. The van der Waals surface area contributed by atoms with Crippen LogP contribution in [0.2, 0.25) is 0 Å². The molecular weight excluding hydrogens is 242 g/mol. The van der Waals surface area contributed by atoms with Crippen LogP contribution in [0, 0.1) is 0 Å². The van der Waals surface area contributed by atoms with Crippen LogP contribution >= 0.6 is 0 Å². The van der Waals surface area contributed by atoms with Gasteiger partial charge in [0, 0.05) is 0 Å². The van der Waals surface area contributed by atoms with Gasteiger partial charge in [-0.05, 0) is 0 Å². The van der Waals surface area contributed by atoms with Crippen molar-refractivity contribution in [2.75, 3.05) is 13.2 Å². The summed E-state index contributed by atoms with van der Waals surface area (Å²) in [6, 6.07) is 0. The molecule has 0 aliphatic carbocycles. The quantitative estimate of drug-likeness (QED) is 0.467. The van der Waals surface area contributed by atoms with Crippen LogP contribution in [0.3, 0.4) is 0 Å². The molecule has 0 rings (SSSR count). The van der Waals surface area contributed by atoms with Crippen LogP contribution in [0.25, 0.3) is 0 Å². The van der Waals surface area contributed by atoms with Crippen molar-refractivity contribution in [1.82, 2.24) is 0 Å². The largest absolute Gasteiger partial charge is 1.00 e. The van der Waals surface area contributed by atoms with Crippen molar-refractivity contribution in [2.45, 2.75) is 13.8 Å². The fraction of sp³-hybridized carbons (Fsp3) is 1.00. The van der Waals surface area contributed by atoms with Gasteiger partial charge in [0.05, 0.1) is 0 Å². The smallest absolute Gasteiger partial charge is 1.00 e. The second-order valence-corrected chi connectivity index (χ2v) is 2.78. The predicted molar refractivity (Wildman–Crippen MR) is 23.3 cm³/mol. The topological polar surface area (TPSA) is 18.5 Å².